The normalized spacial score (nSPS) is 10.4. The molecular weight excluding hydrogens is 312 g/mol. The third-order valence-electron chi connectivity index (χ3n) is 4.07. The van der Waals surface area contributed by atoms with Crippen molar-refractivity contribution in [1.82, 2.24) is 0 Å². The quantitative estimate of drug-likeness (QED) is 0.581. The topological polar surface area (TPSA) is 75.3 Å². The molecule has 0 aromatic heterocycles. The van der Waals surface area contributed by atoms with E-state index in [2.05, 4.69) is 17.4 Å². The highest BCUT2D eigenvalue weighted by atomic mass is 16.4. The van der Waals surface area contributed by atoms with Crippen LogP contribution in [0.4, 0.5) is 17.1 Å². The number of carboxylic acids is 1. The molecule has 4 heteroatoms. The molecule has 0 fully saturated rings. The Kier molecular flexibility index (Phi) is 5.00. The van der Waals surface area contributed by atoms with E-state index < -0.39 is 5.97 Å². The minimum atomic E-state index is -0.941. The molecule has 25 heavy (non-hydrogen) atoms. The van der Waals surface area contributed by atoms with Gasteiger partial charge in [-0.2, -0.15) is 0 Å². The highest BCUT2D eigenvalue weighted by Gasteiger charge is 2.08. The number of hydrogen-bond acceptors (Lipinski definition) is 3. The number of benzene rings is 3. The Morgan fingerprint density at radius 3 is 2.00 bits per heavy atom. The lowest BCUT2D eigenvalue weighted by molar-refractivity contribution is 0.0698. The van der Waals surface area contributed by atoms with Gasteiger partial charge in [0.15, 0.2) is 0 Å². The van der Waals surface area contributed by atoms with Gasteiger partial charge in [0.25, 0.3) is 0 Å². The van der Waals surface area contributed by atoms with E-state index in [1.54, 1.807) is 18.2 Å². The summed E-state index contributed by atoms with van der Waals surface area (Å²) in [5.74, 6) is -0.941. The fraction of sp³-hybridized carbons (Fsp3) is 0.0952. The smallest absolute Gasteiger partial charge is 0.337 e. The summed E-state index contributed by atoms with van der Waals surface area (Å²) in [6, 6.07) is 22.9. The van der Waals surface area contributed by atoms with E-state index in [4.69, 9.17) is 5.73 Å². The third-order valence-corrected chi connectivity index (χ3v) is 4.07. The van der Waals surface area contributed by atoms with Crippen LogP contribution >= 0.6 is 0 Å². The maximum Gasteiger partial charge on any atom is 0.337 e. The zero-order valence-electron chi connectivity index (χ0n) is 13.8. The summed E-state index contributed by atoms with van der Waals surface area (Å²) in [5, 5.41) is 12.4. The number of nitrogens with two attached hydrogens (primary N) is 1. The van der Waals surface area contributed by atoms with Crippen LogP contribution in [0.5, 0.6) is 0 Å². The summed E-state index contributed by atoms with van der Waals surface area (Å²) in [7, 11) is 0. The minimum Gasteiger partial charge on any atom is -0.478 e. The van der Waals surface area contributed by atoms with E-state index in [0.717, 1.165) is 24.2 Å². The largest absolute Gasteiger partial charge is 0.478 e. The van der Waals surface area contributed by atoms with Crippen LogP contribution in [0.15, 0.2) is 72.8 Å². The Labute approximate surface area is 146 Å². The number of aromatic carboxylic acids is 1. The number of aryl methyl sites for hydroxylation is 2. The van der Waals surface area contributed by atoms with Crippen LogP contribution < -0.4 is 11.1 Å². The van der Waals surface area contributed by atoms with E-state index in [0.29, 0.717) is 5.69 Å². The molecular formula is C21H20N2O2. The van der Waals surface area contributed by atoms with Crippen LogP contribution in [-0.4, -0.2) is 11.1 Å². The molecule has 3 aromatic rings. The van der Waals surface area contributed by atoms with Gasteiger partial charge in [0, 0.05) is 11.4 Å². The van der Waals surface area contributed by atoms with E-state index in [9.17, 15) is 9.90 Å². The first-order valence-corrected chi connectivity index (χ1v) is 8.14. The number of hydrogen-bond donors (Lipinski definition) is 3. The monoisotopic (exact) mass is 332 g/mol. The van der Waals surface area contributed by atoms with E-state index in [1.165, 1.54) is 11.1 Å². The van der Waals surface area contributed by atoms with Crippen LogP contribution in [0, 0.1) is 0 Å². The Morgan fingerprint density at radius 2 is 1.40 bits per heavy atom. The minimum absolute atomic E-state index is 0.259. The third kappa shape index (κ3) is 4.38. The predicted octanol–water partition coefficient (Wildman–Crippen LogP) is 4.50. The molecule has 0 saturated heterocycles. The standard InChI is InChI=1S/C21H20N2O2/c22-17-11-7-15(8-12-17)5-6-16-9-13-18(14-10-16)23-20-4-2-1-3-19(20)21(24)25/h1-4,7-14,23H,5-6,22H2,(H,24,25). The van der Waals surface area contributed by atoms with Crippen molar-refractivity contribution in [2.75, 3.05) is 11.1 Å². The van der Waals surface area contributed by atoms with E-state index in [1.807, 2.05) is 42.5 Å². The molecule has 4 nitrogen and oxygen atoms in total. The van der Waals surface area contributed by atoms with Gasteiger partial charge in [-0.1, -0.05) is 36.4 Å². The molecule has 0 heterocycles. The fourth-order valence-corrected chi connectivity index (χ4v) is 2.66. The van der Waals surface area contributed by atoms with Crippen molar-refractivity contribution in [3.63, 3.8) is 0 Å². The molecule has 126 valence electrons. The van der Waals surface area contributed by atoms with Gasteiger partial charge in [-0.25, -0.2) is 4.79 Å². The van der Waals surface area contributed by atoms with Crippen molar-refractivity contribution in [2.24, 2.45) is 0 Å². The molecule has 3 rings (SSSR count). The lowest BCUT2D eigenvalue weighted by Gasteiger charge is -2.10. The highest BCUT2D eigenvalue weighted by molar-refractivity contribution is 5.95. The number of rotatable bonds is 6. The number of nitrogens with one attached hydrogen (secondary N) is 1. The molecule has 0 unspecified atom stereocenters. The zero-order chi connectivity index (χ0) is 17.6. The van der Waals surface area contributed by atoms with Gasteiger partial charge in [-0.05, 0) is 60.4 Å². The number of nitrogen functional groups attached to an aromatic ring is 1. The summed E-state index contributed by atoms with van der Waals surface area (Å²) in [6.45, 7) is 0. The van der Waals surface area contributed by atoms with Gasteiger partial charge in [0.2, 0.25) is 0 Å². The van der Waals surface area contributed by atoms with Gasteiger partial charge in [0.05, 0.1) is 11.3 Å². The number of para-hydroxylation sites is 1. The summed E-state index contributed by atoms with van der Waals surface area (Å²) in [5.41, 5.74) is 10.7. The van der Waals surface area contributed by atoms with E-state index in [-0.39, 0.29) is 5.56 Å². The van der Waals surface area contributed by atoms with Crippen molar-refractivity contribution in [1.29, 1.82) is 0 Å². The lowest BCUT2D eigenvalue weighted by Crippen LogP contribution is -2.02. The molecule has 0 saturated carbocycles. The predicted molar refractivity (Wildman–Crippen MR) is 101 cm³/mol. The lowest BCUT2D eigenvalue weighted by atomic mass is 10.0. The second-order valence-corrected chi connectivity index (χ2v) is 5.91. The van der Waals surface area contributed by atoms with Crippen molar-refractivity contribution in [2.45, 2.75) is 12.8 Å². The fourth-order valence-electron chi connectivity index (χ4n) is 2.66. The van der Waals surface area contributed by atoms with Crippen LogP contribution in [0.2, 0.25) is 0 Å². The zero-order valence-corrected chi connectivity index (χ0v) is 13.8. The van der Waals surface area contributed by atoms with Gasteiger partial charge in [0.1, 0.15) is 0 Å². The van der Waals surface area contributed by atoms with Crippen molar-refractivity contribution in [3.05, 3.63) is 89.5 Å². The van der Waals surface area contributed by atoms with E-state index >= 15 is 0 Å². The second kappa shape index (κ2) is 7.53. The molecule has 0 aliphatic heterocycles. The number of carbonyl (C=O) groups is 1. The highest BCUT2D eigenvalue weighted by Crippen LogP contribution is 2.21. The Hall–Kier alpha value is -3.27. The van der Waals surface area contributed by atoms with Crippen LogP contribution in [0.3, 0.4) is 0 Å². The Bertz CT molecular complexity index is 856. The molecule has 0 aliphatic rings. The molecule has 0 radical (unpaired) electrons. The first-order valence-electron chi connectivity index (χ1n) is 8.14. The van der Waals surface area contributed by atoms with Crippen LogP contribution in [0.1, 0.15) is 21.5 Å². The summed E-state index contributed by atoms with van der Waals surface area (Å²) >= 11 is 0. The first-order chi connectivity index (χ1) is 12.1. The molecule has 4 N–H and O–H groups in total. The van der Waals surface area contributed by atoms with Crippen molar-refractivity contribution in [3.8, 4) is 0 Å². The molecule has 0 aliphatic carbocycles. The maximum atomic E-state index is 11.3. The van der Waals surface area contributed by atoms with Gasteiger partial charge < -0.3 is 16.2 Å². The van der Waals surface area contributed by atoms with Crippen LogP contribution in [0.25, 0.3) is 0 Å². The van der Waals surface area contributed by atoms with Crippen LogP contribution in [-0.2, 0) is 12.8 Å². The Morgan fingerprint density at radius 1 is 0.840 bits per heavy atom. The first kappa shape index (κ1) is 16.6. The molecule has 3 aromatic carbocycles. The molecule has 0 spiro atoms. The summed E-state index contributed by atoms with van der Waals surface area (Å²) < 4.78 is 0. The summed E-state index contributed by atoms with van der Waals surface area (Å²) in [4.78, 5) is 11.3. The molecule has 0 atom stereocenters. The number of anilines is 3. The Balaban J connectivity index is 1.64. The van der Waals surface area contributed by atoms with Gasteiger partial charge >= 0.3 is 5.97 Å². The average molecular weight is 332 g/mol. The average Bonchev–Trinajstić information content (AvgIpc) is 2.63. The molecule has 0 bridgehead atoms. The second-order valence-electron chi connectivity index (χ2n) is 5.91. The molecule has 0 amide bonds. The van der Waals surface area contributed by atoms with Crippen molar-refractivity contribution >= 4 is 23.0 Å². The van der Waals surface area contributed by atoms with Gasteiger partial charge in [-0.3, -0.25) is 0 Å². The maximum absolute atomic E-state index is 11.3. The SMILES string of the molecule is Nc1ccc(CCc2ccc(Nc3ccccc3C(=O)O)cc2)cc1. The summed E-state index contributed by atoms with van der Waals surface area (Å²) in [6.07, 6.45) is 1.89. The van der Waals surface area contributed by atoms with Gasteiger partial charge in [-0.15, -0.1) is 0 Å². The van der Waals surface area contributed by atoms with Crippen molar-refractivity contribution < 1.29 is 9.90 Å². The number of carboxylic acid groups (broad SMARTS) is 1.